The Balaban J connectivity index is 2.58. The Morgan fingerprint density at radius 1 is 1.40 bits per heavy atom. The molecule has 0 unspecified atom stereocenters. The maximum Gasteiger partial charge on any atom is 0.211 e. The van der Waals surface area contributed by atoms with Gasteiger partial charge in [-0.15, -0.1) is 0 Å². The minimum absolute atomic E-state index is 0.144. The number of carbonyl (C=O) groups is 1. The molecule has 0 aliphatic heterocycles. The molecule has 0 fully saturated rings. The quantitative estimate of drug-likeness (QED) is 0.562. The van der Waals surface area contributed by atoms with Gasteiger partial charge < -0.3 is 5.21 Å². The van der Waals surface area contributed by atoms with E-state index in [1.165, 1.54) is 5.56 Å². The molecule has 0 heterocycles. The zero-order valence-corrected chi connectivity index (χ0v) is 8.82. The molecule has 3 heteroatoms. The standard InChI is InChI=1S/C12H13NO2/c1-7(2)8-4-3-5-9-10(8)6-11(13-15)12(9)14/h3-5,7,15H,6H2,1-2H3. The number of nitrogens with zero attached hydrogens (tertiary/aromatic N) is 1. The summed E-state index contributed by atoms with van der Waals surface area (Å²) in [4.78, 5) is 11.7. The van der Waals surface area contributed by atoms with Crippen LogP contribution in [0.15, 0.2) is 23.4 Å². The van der Waals surface area contributed by atoms with Crippen LogP contribution in [0.5, 0.6) is 0 Å². The highest BCUT2D eigenvalue weighted by Crippen LogP contribution is 2.28. The van der Waals surface area contributed by atoms with E-state index >= 15 is 0 Å². The Morgan fingerprint density at radius 3 is 2.73 bits per heavy atom. The number of benzene rings is 1. The average molecular weight is 203 g/mol. The predicted octanol–water partition coefficient (Wildman–Crippen LogP) is 2.38. The summed E-state index contributed by atoms with van der Waals surface area (Å²) in [5.74, 6) is 0.237. The largest absolute Gasteiger partial charge is 0.411 e. The summed E-state index contributed by atoms with van der Waals surface area (Å²) in [6, 6.07) is 5.70. The third kappa shape index (κ3) is 1.44. The first-order chi connectivity index (χ1) is 7.15. The van der Waals surface area contributed by atoms with Crippen LogP contribution in [0.4, 0.5) is 0 Å². The molecular formula is C12H13NO2. The highest BCUT2D eigenvalue weighted by Gasteiger charge is 2.29. The van der Waals surface area contributed by atoms with E-state index in [0.717, 1.165) is 5.56 Å². The van der Waals surface area contributed by atoms with Gasteiger partial charge in [-0.2, -0.15) is 0 Å². The number of hydrogen-bond acceptors (Lipinski definition) is 3. The molecule has 0 spiro atoms. The molecule has 0 amide bonds. The Hall–Kier alpha value is -1.64. The van der Waals surface area contributed by atoms with Crippen molar-refractivity contribution in [3.8, 4) is 0 Å². The Kier molecular flexibility index (Phi) is 2.31. The number of Topliss-reactive ketones (excluding diaryl/α,β-unsaturated/α-hetero) is 1. The summed E-state index contributed by atoms with van der Waals surface area (Å²) in [6.45, 7) is 4.18. The van der Waals surface area contributed by atoms with Gasteiger partial charge in [0.15, 0.2) is 0 Å². The summed E-state index contributed by atoms with van der Waals surface area (Å²) in [5, 5.41) is 11.8. The molecule has 2 rings (SSSR count). The smallest absolute Gasteiger partial charge is 0.211 e. The molecule has 1 aromatic carbocycles. The van der Waals surface area contributed by atoms with Gasteiger partial charge in [-0.05, 0) is 17.0 Å². The normalized spacial score (nSPS) is 17.5. The lowest BCUT2D eigenvalue weighted by Gasteiger charge is -2.09. The van der Waals surface area contributed by atoms with E-state index in [2.05, 4.69) is 19.0 Å². The minimum atomic E-state index is -0.144. The Labute approximate surface area is 88.4 Å². The molecule has 0 atom stereocenters. The van der Waals surface area contributed by atoms with Gasteiger partial charge in [0.05, 0.1) is 0 Å². The fourth-order valence-electron chi connectivity index (χ4n) is 2.04. The molecule has 0 radical (unpaired) electrons. The third-order valence-electron chi connectivity index (χ3n) is 2.81. The number of rotatable bonds is 1. The van der Waals surface area contributed by atoms with Gasteiger partial charge in [0.1, 0.15) is 5.71 Å². The number of oxime groups is 1. The zero-order valence-electron chi connectivity index (χ0n) is 8.82. The monoisotopic (exact) mass is 203 g/mol. The third-order valence-corrected chi connectivity index (χ3v) is 2.81. The van der Waals surface area contributed by atoms with Gasteiger partial charge in [0.25, 0.3) is 0 Å². The molecule has 1 aliphatic carbocycles. The van der Waals surface area contributed by atoms with Gasteiger partial charge in [0.2, 0.25) is 5.78 Å². The lowest BCUT2D eigenvalue weighted by atomic mass is 9.95. The van der Waals surface area contributed by atoms with Crippen LogP contribution < -0.4 is 0 Å². The highest BCUT2D eigenvalue weighted by atomic mass is 16.4. The molecule has 0 saturated carbocycles. The van der Waals surface area contributed by atoms with Crippen LogP contribution in [0.2, 0.25) is 0 Å². The number of carbonyl (C=O) groups excluding carboxylic acids is 1. The first-order valence-corrected chi connectivity index (χ1v) is 5.02. The average Bonchev–Trinajstić information content (AvgIpc) is 2.55. The van der Waals surface area contributed by atoms with E-state index in [9.17, 15) is 4.79 Å². The van der Waals surface area contributed by atoms with Gasteiger partial charge >= 0.3 is 0 Å². The molecule has 78 valence electrons. The Morgan fingerprint density at radius 2 is 2.13 bits per heavy atom. The Bertz CT molecular complexity index is 447. The molecule has 0 saturated heterocycles. The van der Waals surface area contributed by atoms with Gasteiger partial charge in [-0.25, -0.2) is 0 Å². The molecular weight excluding hydrogens is 190 g/mol. The predicted molar refractivity (Wildman–Crippen MR) is 57.8 cm³/mol. The highest BCUT2D eigenvalue weighted by molar-refractivity contribution is 6.49. The van der Waals surface area contributed by atoms with E-state index < -0.39 is 0 Å². The summed E-state index contributed by atoms with van der Waals surface area (Å²) < 4.78 is 0. The number of ketones is 1. The van der Waals surface area contributed by atoms with Crippen molar-refractivity contribution in [1.82, 2.24) is 0 Å². The molecule has 0 bridgehead atoms. The number of fused-ring (bicyclic) bond motifs is 1. The van der Waals surface area contributed by atoms with Crippen LogP contribution in [0.3, 0.4) is 0 Å². The summed E-state index contributed by atoms with van der Waals surface area (Å²) in [7, 11) is 0. The lowest BCUT2D eigenvalue weighted by molar-refractivity contribution is 0.106. The SMILES string of the molecule is CC(C)c1cccc2c1CC(=NO)C2=O. The minimum Gasteiger partial charge on any atom is -0.411 e. The summed E-state index contributed by atoms with van der Waals surface area (Å²) >= 11 is 0. The van der Waals surface area contributed by atoms with Crippen LogP contribution in [0.1, 0.15) is 41.3 Å². The molecule has 1 N–H and O–H groups in total. The second-order valence-electron chi connectivity index (χ2n) is 4.08. The second-order valence-corrected chi connectivity index (χ2v) is 4.08. The second kappa shape index (κ2) is 3.50. The fourth-order valence-corrected chi connectivity index (χ4v) is 2.04. The van der Waals surface area contributed by atoms with Crippen LogP contribution in [-0.2, 0) is 6.42 Å². The maximum absolute atomic E-state index is 11.7. The summed E-state index contributed by atoms with van der Waals surface area (Å²) in [6.07, 6.45) is 0.457. The van der Waals surface area contributed by atoms with E-state index in [-0.39, 0.29) is 11.5 Å². The van der Waals surface area contributed by atoms with Crippen LogP contribution >= 0.6 is 0 Å². The van der Waals surface area contributed by atoms with Crippen LogP contribution in [-0.4, -0.2) is 16.7 Å². The van der Waals surface area contributed by atoms with Gasteiger partial charge in [-0.3, -0.25) is 4.79 Å². The van der Waals surface area contributed by atoms with Crippen molar-refractivity contribution in [3.05, 3.63) is 34.9 Å². The maximum atomic E-state index is 11.7. The van der Waals surface area contributed by atoms with Crippen molar-refractivity contribution >= 4 is 11.5 Å². The summed E-state index contributed by atoms with van der Waals surface area (Å²) in [5.41, 5.74) is 3.12. The van der Waals surface area contributed by atoms with Crippen LogP contribution in [0.25, 0.3) is 0 Å². The first kappa shape index (κ1) is 9.90. The lowest BCUT2D eigenvalue weighted by Crippen LogP contribution is -2.06. The van der Waals surface area contributed by atoms with E-state index in [0.29, 0.717) is 17.9 Å². The first-order valence-electron chi connectivity index (χ1n) is 5.02. The topological polar surface area (TPSA) is 49.7 Å². The molecule has 3 nitrogen and oxygen atoms in total. The zero-order chi connectivity index (χ0) is 11.0. The van der Waals surface area contributed by atoms with Crippen molar-refractivity contribution in [2.45, 2.75) is 26.2 Å². The van der Waals surface area contributed by atoms with E-state index in [1.54, 1.807) is 6.07 Å². The van der Waals surface area contributed by atoms with Crippen molar-refractivity contribution < 1.29 is 10.0 Å². The molecule has 15 heavy (non-hydrogen) atoms. The van der Waals surface area contributed by atoms with Crippen molar-refractivity contribution in [2.75, 3.05) is 0 Å². The van der Waals surface area contributed by atoms with E-state index in [4.69, 9.17) is 5.21 Å². The fraction of sp³-hybridized carbons (Fsp3) is 0.333. The molecule has 0 aromatic heterocycles. The van der Waals surface area contributed by atoms with E-state index in [1.807, 2.05) is 12.1 Å². The molecule has 1 aliphatic rings. The van der Waals surface area contributed by atoms with Crippen molar-refractivity contribution in [1.29, 1.82) is 0 Å². The van der Waals surface area contributed by atoms with Crippen molar-refractivity contribution in [3.63, 3.8) is 0 Å². The van der Waals surface area contributed by atoms with Gasteiger partial charge in [0, 0.05) is 12.0 Å². The number of hydrogen-bond donors (Lipinski definition) is 1. The van der Waals surface area contributed by atoms with Gasteiger partial charge in [-0.1, -0.05) is 37.2 Å². The van der Waals surface area contributed by atoms with Crippen molar-refractivity contribution in [2.24, 2.45) is 5.16 Å². The molecule has 1 aromatic rings. The van der Waals surface area contributed by atoms with Crippen LogP contribution in [0, 0.1) is 0 Å².